The summed E-state index contributed by atoms with van der Waals surface area (Å²) in [5.41, 5.74) is 1.08. The number of hydrogen-bond acceptors (Lipinski definition) is 4. The number of amides is 1. The predicted octanol–water partition coefficient (Wildman–Crippen LogP) is 4.24. The summed E-state index contributed by atoms with van der Waals surface area (Å²) in [4.78, 5) is 11.6. The fraction of sp³-hybridized carbons (Fsp3) is 0.333. The molecule has 1 aliphatic rings. The van der Waals surface area contributed by atoms with Crippen LogP contribution in [0.5, 0.6) is 0 Å². The van der Waals surface area contributed by atoms with E-state index in [2.05, 4.69) is 10.6 Å². The Morgan fingerprint density at radius 1 is 1.23 bits per heavy atom. The van der Waals surface area contributed by atoms with Crippen LogP contribution in [0, 0.1) is 17.1 Å². The van der Waals surface area contributed by atoms with E-state index in [9.17, 15) is 26.1 Å². The lowest BCUT2D eigenvalue weighted by Crippen LogP contribution is -2.46. The van der Waals surface area contributed by atoms with Crippen LogP contribution in [-0.4, -0.2) is 37.7 Å². The van der Waals surface area contributed by atoms with Crippen LogP contribution in [0.2, 0.25) is 0 Å². The average Bonchev–Trinajstić information content (AvgIpc) is 3.03. The van der Waals surface area contributed by atoms with Crippen molar-refractivity contribution in [1.29, 1.82) is 5.26 Å². The van der Waals surface area contributed by atoms with Crippen molar-refractivity contribution in [2.24, 2.45) is 0 Å². The first-order chi connectivity index (χ1) is 14.8. The van der Waals surface area contributed by atoms with Crippen molar-refractivity contribution in [2.45, 2.75) is 29.9 Å². The molecule has 0 aromatic heterocycles. The number of carbonyl (C=O) groups excluding carboxylic acids is 1. The second kappa shape index (κ2) is 10.1. The molecule has 0 spiro atoms. The van der Waals surface area contributed by atoms with Gasteiger partial charge < -0.3 is 15.4 Å². The van der Waals surface area contributed by atoms with Crippen LogP contribution < -0.4 is 10.6 Å². The van der Waals surface area contributed by atoms with Gasteiger partial charge in [-0.25, -0.2) is 4.39 Å². The molecule has 2 aromatic rings. The van der Waals surface area contributed by atoms with Gasteiger partial charge in [0.05, 0.1) is 11.0 Å². The first kappa shape index (κ1) is 23.1. The highest BCUT2D eigenvalue weighted by Gasteiger charge is 2.25. The Balaban J connectivity index is 1.67. The molecule has 2 N–H and O–H groups in total. The van der Waals surface area contributed by atoms with E-state index >= 15 is 0 Å². The fourth-order valence-corrected chi connectivity index (χ4v) is 3.64. The first-order valence-electron chi connectivity index (χ1n) is 9.61. The minimum Gasteiger partial charge on any atom is -0.367 e. The Labute approximate surface area is 179 Å². The maximum absolute atomic E-state index is 14.6. The summed E-state index contributed by atoms with van der Waals surface area (Å²) >= 11 is -5.31. The fourth-order valence-electron chi connectivity index (χ4n) is 3.19. The lowest BCUT2D eigenvalue weighted by Gasteiger charge is -2.18. The molecule has 0 radical (unpaired) electrons. The largest absolute Gasteiger partial charge is 0.367 e. The van der Waals surface area contributed by atoms with Gasteiger partial charge in [-0.15, -0.1) is 11.7 Å². The number of ether oxygens (including phenoxy) is 1. The molecule has 10 heteroatoms. The molecule has 1 fully saturated rings. The van der Waals surface area contributed by atoms with Gasteiger partial charge in [-0.3, -0.25) is 4.79 Å². The second-order valence-electron chi connectivity index (χ2n) is 7.05. The summed E-state index contributed by atoms with van der Waals surface area (Å²) in [6.07, 6.45) is 0.0145. The Kier molecular flexibility index (Phi) is 7.54. The lowest BCUT2D eigenvalue weighted by molar-refractivity contribution is -0.132. The topological polar surface area (TPSA) is 74.2 Å². The number of carbonyl (C=O) groups is 1. The number of nitrogens with one attached hydrogen (secondary N) is 2. The standard InChI is InChI=1S/C21H21F4N3O2S/c22-19-11-15(14-4-6-18(7-5-14)31(23,24)25)2-3-16(19)10-17(12-26)28-21(29)20-13-27-8-1-9-30-20/h2-7,11,17,20,27H,1,8-10,13H2,(H,28,29)/t17-,20-/m0/s1. The predicted molar refractivity (Wildman–Crippen MR) is 109 cm³/mol. The van der Waals surface area contributed by atoms with Crippen molar-refractivity contribution in [3.63, 3.8) is 0 Å². The molecule has 0 saturated carbocycles. The van der Waals surface area contributed by atoms with Crippen molar-refractivity contribution in [1.82, 2.24) is 10.6 Å². The summed E-state index contributed by atoms with van der Waals surface area (Å²) in [6, 6.07) is 9.79. The van der Waals surface area contributed by atoms with E-state index in [-0.39, 0.29) is 12.0 Å². The van der Waals surface area contributed by atoms with Gasteiger partial charge in [-0.2, -0.15) is 5.26 Å². The smallest absolute Gasteiger partial charge is 0.251 e. The van der Waals surface area contributed by atoms with Crippen LogP contribution in [0.15, 0.2) is 47.4 Å². The van der Waals surface area contributed by atoms with Gasteiger partial charge >= 0.3 is 0 Å². The molecule has 0 unspecified atom stereocenters. The number of rotatable bonds is 6. The van der Waals surface area contributed by atoms with Gasteiger partial charge in [-0.1, -0.05) is 24.3 Å². The molecule has 1 aliphatic heterocycles. The quantitative estimate of drug-likeness (QED) is 0.639. The highest BCUT2D eigenvalue weighted by Crippen LogP contribution is 2.60. The zero-order valence-electron chi connectivity index (χ0n) is 16.4. The maximum Gasteiger partial charge on any atom is 0.251 e. The van der Waals surface area contributed by atoms with Crippen LogP contribution in [0.4, 0.5) is 16.0 Å². The van der Waals surface area contributed by atoms with Crippen LogP contribution in [0.25, 0.3) is 11.1 Å². The van der Waals surface area contributed by atoms with Gasteiger partial charge in [0.2, 0.25) is 11.2 Å². The van der Waals surface area contributed by atoms with Gasteiger partial charge in [0.15, 0.2) is 0 Å². The van der Waals surface area contributed by atoms with E-state index in [1.807, 2.05) is 6.07 Å². The monoisotopic (exact) mass is 455 g/mol. The third-order valence-corrected chi connectivity index (χ3v) is 5.65. The molecule has 2 atom stereocenters. The molecular formula is C21H21F4N3O2S. The van der Waals surface area contributed by atoms with E-state index in [0.717, 1.165) is 25.1 Å². The van der Waals surface area contributed by atoms with Gasteiger partial charge in [0.25, 0.3) is 5.91 Å². The van der Waals surface area contributed by atoms with Gasteiger partial charge in [0.1, 0.15) is 18.0 Å². The molecule has 31 heavy (non-hydrogen) atoms. The van der Waals surface area contributed by atoms with Crippen LogP contribution in [0.1, 0.15) is 12.0 Å². The highest BCUT2D eigenvalue weighted by atomic mass is 32.3. The molecule has 0 bridgehead atoms. The second-order valence-corrected chi connectivity index (χ2v) is 8.33. The van der Waals surface area contributed by atoms with E-state index < -0.39 is 40.0 Å². The number of nitriles is 1. The average molecular weight is 455 g/mol. The van der Waals surface area contributed by atoms with E-state index in [0.29, 0.717) is 24.3 Å². The normalized spacial score (nSPS) is 18.5. The molecule has 166 valence electrons. The minimum atomic E-state index is -5.31. The van der Waals surface area contributed by atoms with Crippen LogP contribution >= 0.6 is 11.2 Å². The molecule has 1 saturated heterocycles. The molecule has 0 aliphatic carbocycles. The van der Waals surface area contributed by atoms with Crippen molar-refractivity contribution in [3.05, 3.63) is 53.8 Å². The van der Waals surface area contributed by atoms with Crippen molar-refractivity contribution in [2.75, 3.05) is 19.7 Å². The molecule has 5 nitrogen and oxygen atoms in total. The Hall–Kier alpha value is -2.61. The molecule has 2 aromatic carbocycles. The molecule has 1 amide bonds. The summed E-state index contributed by atoms with van der Waals surface area (Å²) in [5.74, 6) is -1.05. The summed E-state index contributed by atoms with van der Waals surface area (Å²) < 4.78 is 58.4. The van der Waals surface area contributed by atoms with Crippen molar-refractivity contribution >= 4 is 17.1 Å². The van der Waals surface area contributed by atoms with Crippen molar-refractivity contribution in [3.8, 4) is 17.2 Å². The van der Waals surface area contributed by atoms with Crippen molar-refractivity contribution < 1.29 is 25.6 Å². The number of halogens is 4. The Morgan fingerprint density at radius 3 is 2.58 bits per heavy atom. The Morgan fingerprint density at radius 2 is 1.94 bits per heavy atom. The summed E-state index contributed by atoms with van der Waals surface area (Å²) in [5, 5.41) is 15.0. The lowest BCUT2D eigenvalue weighted by atomic mass is 10.00. The third kappa shape index (κ3) is 6.19. The number of nitrogens with zero attached hydrogens (tertiary/aromatic N) is 1. The molecular weight excluding hydrogens is 434 g/mol. The number of hydrogen-bond donors (Lipinski definition) is 2. The number of benzene rings is 2. The third-order valence-electron chi connectivity index (χ3n) is 4.84. The van der Waals surface area contributed by atoms with E-state index in [1.165, 1.54) is 24.3 Å². The van der Waals surface area contributed by atoms with E-state index in [4.69, 9.17) is 4.74 Å². The Bertz CT molecular complexity index is 953. The SMILES string of the molecule is N#C[C@H](Cc1ccc(-c2ccc(S(F)(F)F)cc2)cc1F)NC(=O)[C@@H]1CNCCCO1. The van der Waals surface area contributed by atoms with E-state index in [1.54, 1.807) is 6.07 Å². The zero-order valence-corrected chi connectivity index (χ0v) is 17.2. The first-order valence-corrected chi connectivity index (χ1v) is 10.9. The maximum atomic E-state index is 14.6. The summed E-state index contributed by atoms with van der Waals surface area (Å²) in [6.45, 7) is 1.51. The van der Waals surface area contributed by atoms with Crippen LogP contribution in [-0.2, 0) is 16.0 Å². The highest BCUT2D eigenvalue weighted by molar-refractivity contribution is 8.20. The van der Waals surface area contributed by atoms with Gasteiger partial charge in [0, 0.05) is 19.6 Å². The molecule has 3 rings (SSSR count). The van der Waals surface area contributed by atoms with Gasteiger partial charge in [-0.05, 0) is 47.9 Å². The molecule has 1 heterocycles. The minimum absolute atomic E-state index is 0.0507. The van der Waals surface area contributed by atoms with Crippen LogP contribution in [0.3, 0.4) is 0 Å². The summed E-state index contributed by atoms with van der Waals surface area (Å²) in [7, 11) is 0. The zero-order chi connectivity index (χ0) is 22.4.